The molecule has 4 saturated carbocycles. The van der Waals surface area contributed by atoms with Crippen molar-refractivity contribution in [1.29, 1.82) is 0 Å². The minimum Gasteiger partial charge on any atom is -0.462 e. The molecule has 0 unspecified atom stereocenters. The lowest BCUT2D eigenvalue weighted by molar-refractivity contribution is -0.160. The Labute approximate surface area is 160 Å². The van der Waals surface area contributed by atoms with Crippen molar-refractivity contribution in [3.63, 3.8) is 0 Å². The van der Waals surface area contributed by atoms with E-state index in [2.05, 4.69) is 27.7 Å². The Morgan fingerprint density at radius 2 is 1.65 bits per heavy atom. The van der Waals surface area contributed by atoms with Gasteiger partial charge in [0.1, 0.15) is 6.10 Å². The molecule has 0 aliphatic heterocycles. The number of ether oxygens (including phenoxy) is 1. The Balaban J connectivity index is 1.57. The molecule has 4 aliphatic rings. The van der Waals surface area contributed by atoms with Crippen LogP contribution in [0.2, 0.25) is 0 Å². The van der Waals surface area contributed by atoms with Crippen molar-refractivity contribution in [2.75, 3.05) is 0 Å². The molecule has 0 heterocycles. The maximum atomic E-state index is 11.6. The van der Waals surface area contributed by atoms with E-state index in [4.69, 9.17) is 4.74 Å². The van der Waals surface area contributed by atoms with E-state index in [0.29, 0.717) is 5.41 Å². The van der Waals surface area contributed by atoms with Crippen molar-refractivity contribution in [1.82, 2.24) is 0 Å². The molecule has 7 atom stereocenters. The third kappa shape index (κ3) is 2.69. The van der Waals surface area contributed by atoms with Gasteiger partial charge in [-0.15, -0.1) is 0 Å². The maximum Gasteiger partial charge on any atom is 0.302 e. The van der Waals surface area contributed by atoms with Crippen molar-refractivity contribution in [3.8, 4) is 0 Å². The van der Waals surface area contributed by atoms with Gasteiger partial charge in [0.25, 0.3) is 0 Å². The van der Waals surface area contributed by atoms with E-state index in [1.165, 1.54) is 51.4 Å². The Morgan fingerprint density at radius 1 is 0.923 bits per heavy atom. The lowest BCUT2D eigenvalue weighted by Crippen LogP contribution is -2.53. The quantitative estimate of drug-likeness (QED) is 0.406. The fourth-order valence-electron chi connectivity index (χ4n) is 7.88. The molecule has 26 heavy (non-hydrogen) atoms. The van der Waals surface area contributed by atoms with Crippen LogP contribution in [0.25, 0.3) is 0 Å². The molecule has 2 heteroatoms. The predicted octanol–water partition coefficient (Wildman–Crippen LogP) is 6.30. The Kier molecular flexibility index (Phi) is 4.56. The van der Waals surface area contributed by atoms with Crippen molar-refractivity contribution in [2.24, 2.45) is 34.5 Å². The summed E-state index contributed by atoms with van der Waals surface area (Å²) in [7, 11) is 0. The van der Waals surface area contributed by atoms with Gasteiger partial charge in [0.15, 0.2) is 0 Å². The minimum absolute atomic E-state index is 0.0869. The fraction of sp³-hybridized carbons (Fsp3) is 0.875. The molecule has 4 fully saturated rings. The Morgan fingerprint density at radius 3 is 2.35 bits per heavy atom. The molecule has 4 rings (SSSR count). The lowest BCUT2D eigenvalue weighted by Gasteiger charge is -2.60. The summed E-state index contributed by atoms with van der Waals surface area (Å²) in [5, 5.41) is 0. The van der Waals surface area contributed by atoms with Gasteiger partial charge in [-0.2, -0.15) is 0 Å². The summed E-state index contributed by atoms with van der Waals surface area (Å²) in [5.74, 6) is 3.35. The average Bonchev–Trinajstić information content (AvgIpc) is 2.90. The number of carbonyl (C=O) groups excluding carboxylic acids is 1. The highest BCUT2D eigenvalue weighted by Gasteiger charge is 2.60. The summed E-state index contributed by atoms with van der Waals surface area (Å²) in [6.07, 6.45) is 12.1. The van der Waals surface area contributed by atoms with Gasteiger partial charge in [-0.05, 0) is 101 Å². The van der Waals surface area contributed by atoms with Gasteiger partial charge in [-0.3, -0.25) is 4.79 Å². The summed E-state index contributed by atoms with van der Waals surface area (Å²) in [6.45, 7) is 11.3. The monoisotopic (exact) mass is 358 g/mol. The SMILES string of the molecule is CC(=O)O[C@H]1CC[C@@H]2[C@H]3CC[C@H]4CC(=C(C)C)CC[C@]4(C)[C@@H]3CC[C@]12C. The zero-order valence-electron chi connectivity index (χ0n) is 17.6. The maximum absolute atomic E-state index is 11.6. The third-order valence-electron chi connectivity index (χ3n) is 9.45. The van der Waals surface area contributed by atoms with E-state index < -0.39 is 0 Å². The predicted molar refractivity (Wildman–Crippen MR) is 106 cm³/mol. The molecule has 0 N–H and O–H groups in total. The molecule has 0 aromatic heterocycles. The average molecular weight is 359 g/mol. The molecule has 0 saturated heterocycles. The van der Waals surface area contributed by atoms with Crippen LogP contribution in [0.1, 0.15) is 92.4 Å². The van der Waals surface area contributed by atoms with Gasteiger partial charge in [-0.1, -0.05) is 25.0 Å². The largest absolute Gasteiger partial charge is 0.462 e. The highest BCUT2D eigenvalue weighted by molar-refractivity contribution is 5.66. The van der Waals surface area contributed by atoms with Crippen LogP contribution in [0, 0.1) is 34.5 Å². The van der Waals surface area contributed by atoms with Crippen LogP contribution in [0.5, 0.6) is 0 Å². The second kappa shape index (κ2) is 6.38. The van der Waals surface area contributed by atoms with Gasteiger partial charge < -0.3 is 4.74 Å². The first-order valence-electron chi connectivity index (χ1n) is 11.1. The smallest absolute Gasteiger partial charge is 0.302 e. The summed E-state index contributed by atoms with van der Waals surface area (Å²) in [4.78, 5) is 11.6. The van der Waals surface area contributed by atoms with Crippen LogP contribution in [0.4, 0.5) is 0 Å². The van der Waals surface area contributed by atoms with Crippen LogP contribution >= 0.6 is 0 Å². The normalized spacial score (nSPS) is 47.6. The minimum atomic E-state index is -0.0869. The van der Waals surface area contributed by atoms with Crippen molar-refractivity contribution >= 4 is 5.97 Å². The first-order valence-corrected chi connectivity index (χ1v) is 11.1. The Bertz CT molecular complexity index is 616. The summed E-state index contributed by atoms with van der Waals surface area (Å²) in [6, 6.07) is 0. The molecule has 0 radical (unpaired) electrons. The first-order chi connectivity index (χ1) is 12.3. The summed E-state index contributed by atoms with van der Waals surface area (Å²) in [5.41, 5.74) is 4.10. The first kappa shape index (κ1) is 18.6. The van der Waals surface area contributed by atoms with Crippen LogP contribution in [0.15, 0.2) is 11.1 Å². The van der Waals surface area contributed by atoms with E-state index in [0.717, 1.165) is 30.1 Å². The lowest BCUT2D eigenvalue weighted by atomic mass is 9.45. The fourth-order valence-corrected chi connectivity index (χ4v) is 7.88. The van der Waals surface area contributed by atoms with Crippen molar-refractivity contribution in [2.45, 2.75) is 98.5 Å². The van der Waals surface area contributed by atoms with Gasteiger partial charge in [-0.25, -0.2) is 0 Å². The van der Waals surface area contributed by atoms with Gasteiger partial charge in [0.2, 0.25) is 0 Å². The Hall–Kier alpha value is -0.790. The van der Waals surface area contributed by atoms with E-state index in [-0.39, 0.29) is 17.5 Å². The number of hydrogen-bond acceptors (Lipinski definition) is 2. The van der Waals surface area contributed by atoms with E-state index >= 15 is 0 Å². The number of rotatable bonds is 1. The van der Waals surface area contributed by atoms with E-state index in [1.807, 2.05) is 0 Å². The van der Waals surface area contributed by atoms with Crippen LogP contribution < -0.4 is 0 Å². The molecule has 0 amide bonds. The second-order valence-corrected chi connectivity index (χ2v) is 10.7. The highest BCUT2D eigenvalue weighted by atomic mass is 16.5. The number of hydrogen-bond donors (Lipinski definition) is 0. The number of fused-ring (bicyclic) bond motifs is 5. The molecule has 0 aromatic carbocycles. The second-order valence-electron chi connectivity index (χ2n) is 10.7. The van der Waals surface area contributed by atoms with Crippen LogP contribution in [0.3, 0.4) is 0 Å². The summed E-state index contributed by atoms with van der Waals surface area (Å²) < 4.78 is 5.79. The standard InChI is InChI=1S/C24H38O2/c1-15(2)17-10-12-23(4)18(14-17)6-7-19-20-8-9-22(26-16(3)25)24(20,5)13-11-21(19)23/h18-22H,6-14H2,1-5H3/t18-,19+,20+,21+,22-,23-,24-/m0/s1. The molecule has 146 valence electrons. The molecular formula is C24H38O2. The number of allylic oxidation sites excluding steroid dienone is 2. The number of carbonyl (C=O) groups is 1. The third-order valence-corrected chi connectivity index (χ3v) is 9.45. The molecule has 0 bridgehead atoms. The summed E-state index contributed by atoms with van der Waals surface area (Å²) >= 11 is 0. The van der Waals surface area contributed by atoms with Crippen LogP contribution in [-0.4, -0.2) is 12.1 Å². The van der Waals surface area contributed by atoms with E-state index in [9.17, 15) is 4.79 Å². The van der Waals surface area contributed by atoms with Crippen LogP contribution in [-0.2, 0) is 9.53 Å². The van der Waals surface area contributed by atoms with Gasteiger partial charge in [0.05, 0.1) is 0 Å². The molecular weight excluding hydrogens is 320 g/mol. The topological polar surface area (TPSA) is 26.3 Å². The zero-order chi connectivity index (χ0) is 18.7. The van der Waals surface area contributed by atoms with Crippen molar-refractivity contribution < 1.29 is 9.53 Å². The van der Waals surface area contributed by atoms with Gasteiger partial charge >= 0.3 is 5.97 Å². The zero-order valence-corrected chi connectivity index (χ0v) is 17.6. The van der Waals surface area contributed by atoms with Crippen molar-refractivity contribution in [3.05, 3.63) is 11.1 Å². The molecule has 2 nitrogen and oxygen atoms in total. The van der Waals surface area contributed by atoms with Gasteiger partial charge in [0, 0.05) is 12.3 Å². The highest BCUT2D eigenvalue weighted by Crippen LogP contribution is 2.67. The number of esters is 1. The van der Waals surface area contributed by atoms with E-state index in [1.54, 1.807) is 18.1 Å². The molecule has 4 aliphatic carbocycles. The molecule has 0 spiro atoms. The molecule has 0 aromatic rings.